The van der Waals surface area contributed by atoms with Crippen molar-refractivity contribution in [3.63, 3.8) is 0 Å². The van der Waals surface area contributed by atoms with Crippen molar-refractivity contribution in [1.82, 2.24) is 4.90 Å². The molecule has 17 heavy (non-hydrogen) atoms. The molecule has 1 aromatic rings. The molecule has 1 heterocycles. The molecular formula is C13H23ClN2S. The number of nitrogens with two attached hydrogens (primary N) is 1. The monoisotopic (exact) mass is 274 g/mol. The van der Waals surface area contributed by atoms with Gasteiger partial charge >= 0.3 is 0 Å². The first-order valence-corrected chi connectivity index (χ1v) is 7.37. The predicted molar refractivity (Wildman–Crippen MR) is 77.8 cm³/mol. The van der Waals surface area contributed by atoms with Crippen LogP contribution in [0.5, 0.6) is 0 Å². The third-order valence-electron chi connectivity index (χ3n) is 3.14. The summed E-state index contributed by atoms with van der Waals surface area (Å²) in [5.74, 6) is 0.706. The van der Waals surface area contributed by atoms with E-state index in [4.69, 9.17) is 17.3 Å². The lowest BCUT2D eigenvalue weighted by atomic mass is 10.0. The smallest absolute Gasteiger partial charge is 0.0564 e. The number of halogens is 1. The van der Waals surface area contributed by atoms with E-state index in [0.717, 1.165) is 5.02 Å². The van der Waals surface area contributed by atoms with Crippen LogP contribution in [0.2, 0.25) is 5.02 Å². The van der Waals surface area contributed by atoms with Crippen LogP contribution in [-0.2, 0) is 0 Å². The lowest BCUT2D eigenvalue weighted by molar-refractivity contribution is 0.171. The van der Waals surface area contributed by atoms with Gasteiger partial charge in [0.1, 0.15) is 0 Å². The van der Waals surface area contributed by atoms with Gasteiger partial charge in [-0.1, -0.05) is 25.4 Å². The molecule has 1 rings (SSSR count). The Morgan fingerprint density at radius 2 is 2.06 bits per heavy atom. The van der Waals surface area contributed by atoms with E-state index < -0.39 is 0 Å². The predicted octanol–water partition coefficient (Wildman–Crippen LogP) is 3.77. The molecule has 2 nitrogen and oxygen atoms in total. The molecule has 0 bridgehead atoms. The van der Waals surface area contributed by atoms with Crippen LogP contribution in [0.1, 0.15) is 38.1 Å². The second kappa shape index (κ2) is 6.74. The summed E-state index contributed by atoms with van der Waals surface area (Å²) in [6.45, 7) is 7.40. The fraction of sp³-hybridized carbons (Fsp3) is 0.692. The molecule has 2 unspecified atom stereocenters. The van der Waals surface area contributed by atoms with Crippen molar-refractivity contribution in [1.29, 1.82) is 0 Å². The lowest BCUT2D eigenvalue weighted by Crippen LogP contribution is -2.37. The summed E-state index contributed by atoms with van der Waals surface area (Å²) in [5.41, 5.74) is 5.91. The molecule has 0 amide bonds. The van der Waals surface area contributed by atoms with E-state index >= 15 is 0 Å². The summed E-state index contributed by atoms with van der Waals surface area (Å²) in [6, 6.07) is 2.84. The molecule has 2 N–H and O–H groups in total. The molecule has 0 spiro atoms. The molecule has 0 aliphatic heterocycles. The Morgan fingerprint density at radius 3 is 2.47 bits per heavy atom. The van der Waals surface area contributed by atoms with Gasteiger partial charge in [0.25, 0.3) is 0 Å². The van der Waals surface area contributed by atoms with Gasteiger partial charge < -0.3 is 5.73 Å². The van der Waals surface area contributed by atoms with Gasteiger partial charge in [-0.3, -0.25) is 4.90 Å². The highest BCUT2D eigenvalue weighted by molar-refractivity contribution is 7.10. The molecule has 2 atom stereocenters. The van der Waals surface area contributed by atoms with Crippen LogP contribution in [-0.4, -0.2) is 24.5 Å². The van der Waals surface area contributed by atoms with Gasteiger partial charge in [-0.25, -0.2) is 0 Å². The number of likely N-dealkylation sites (N-methyl/N-ethyl adjacent to an activating group) is 1. The summed E-state index contributed by atoms with van der Waals surface area (Å²) in [6.07, 6.45) is 1.19. The van der Waals surface area contributed by atoms with E-state index in [1.165, 1.54) is 11.3 Å². The first kappa shape index (κ1) is 15.0. The maximum atomic E-state index is 5.98. The first-order chi connectivity index (χ1) is 7.95. The summed E-state index contributed by atoms with van der Waals surface area (Å²) in [4.78, 5) is 3.62. The first-order valence-electron chi connectivity index (χ1n) is 6.11. The van der Waals surface area contributed by atoms with E-state index in [9.17, 15) is 0 Å². The highest BCUT2D eigenvalue weighted by atomic mass is 35.5. The van der Waals surface area contributed by atoms with Crippen LogP contribution in [0.4, 0.5) is 0 Å². The van der Waals surface area contributed by atoms with Gasteiger partial charge in [0.2, 0.25) is 0 Å². The minimum atomic E-state index is 0.279. The summed E-state index contributed by atoms with van der Waals surface area (Å²) in [5, 5.41) is 2.79. The maximum absolute atomic E-state index is 5.98. The van der Waals surface area contributed by atoms with Crippen LogP contribution in [0.15, 0.2) is 11.4 Å². The molecule has 0 aromatic carbocycles. The van der Waals surface area contributed by atoms with Gasteiger partial charge in [-0.05, 0) is 32.4 Å². The highest BCUT2D eigenvalue weighted by Crippen LogP contribution is 2.30. The Hall–Kier alpha value is -0.0900. The highest BCUT2D eigenvalue weighted by Gasteiger charge is 2.22. The SMILES string of the molecule is CC(C)CC(C)N(C)C(CN)c1cc(Cl)cs1. The van der Waals surface area contributed by atoms with Crippen LogP contribution >= 0.6 is 22.9 Å². The van der Waals surface area contributed by atoms with Crippen molar-refractivity contribution in [2.45, 2.75) is 39.3 Å². The Kier molecular flexibility index (Phi) is 5.93. The minimum Gasteiger partial charge on any atom is -0.329 e. The normalized spacial score (nSPS) is 15.5. The molecule has 4 heteroatoms. The second-order valence-electron chi connectivity index (χ2n) is 5.06. The number of hydrogen-bond acceptors (Lipinski definition) is 3. The second-order valence-corrected chi connectivity index (χ2v) is 6.44. The Labute approximate surface area is 114 Å². The van der Waals surface area contributed by atoms with Crippen molar-refractivity contribution in [2.24, 2.45) is 11.7 Å². The van der Waals surface area contributed by atoms with Gasteiger partial charge in [-0.2, -0.15) is 0 Å². The van der Waals surface area contributed by atoms with Crippen LogP contribution < -0.4 is 5.73 Å². The molecule has 1 aromatic heterocycles. The summed E-state index contributed by atoms with van der Waals surface area (Å²) < 4.78 is 0. The van der Waals surface area contributed by atoms with Gasteiger partial charge in [0, 0.05) is 22.8 Å². The zero-order valence-electron chi connectivity index (χ0n) is 11.1. The van der Waals surface area contributed by atoms with Gasteiger partial charge in [-0.15, -0.1) is 11.3 Å². The average molecular weight is 275 g/mol. The van der Waals surface area contributed by atoms with E-state index in [0.29, 0.717) is 18.5 Å². The van der Waals surface area contributed by atoms with E-state index in [1.54, 1.807) is 11.3 Å². The van der Waals surface area contributed by atoms with Crippen LogP contribution in [0.25, 0.3) is 0 Å². The number of nitrogens with zero attached hydrogens (tertiary/aromatic N) is 1. The lowest BCUT2D eigenvalue weighted by Gasteiger charge is -2.32. The fourth-order valence-electron chi connectivity index (χ4n) is 2.14. The van der Waals surface area contributed by atoms with E-state index in [1.807, 2.05) is 11.4 Å². The summed E-state index contributed by atoms with van der Waals surface area (Å²) in [7, 11) is 2.15. The van der Waals surface area contributed by atoms with Crippen LogP contribution in [0.3, 0.4) is 0 Å². The zero-order chi connectivity index (χ0) is 13.0. The topological polar surface area (TPSA) is 29.3 Å². The van der Waals surface area contributed by atoms with Gasteiger partial charge in [0.05, 0.1) is 11.1 Å². The third kappa shape index (κ3) is 4.25. The van der Waals surface area contributed by atoms with Crippen molar-refractivity contribution in [3.05, 3.63) is 21.3 Å². The Bertz CT molecular complexity index is 338. The third-order valence-corrected chi connectivity index (χ3v) is 4.52. The fourth-order valence-corrected chi connectivity index (χ4v) is 3.39. The standard InChI is InChI=1S/C13H23ClN2S/c1-9(2)5-10(3)16(4)12(7-15)13-6-11(14)8-17-13/h6,8-10,12H,5,7,15H2,1-4H3. The molecule has 0 aliphatic carbocycles. The minimum absolute atomic E-state index is 0.279. The summed E-state index contributed by atoms with van der Waals surface area (Å²) >= 11 is 7.67. The Balaban J connectivity index is 2.73. The zero-order valence-corrected chi connectivity index (χ0v) is 12.7. The molecule has 0 saturated carbocycles. The average Bonchev–Trinajstić information content (AvgIpc) is 2.64. The Morgan fingerprint density at radius 1 is 1.41 bits per heavy atom. The largest absolute Gasteiger partial charge is 0.329 e. The molecule has 98 valence electrons. The van der Waals surface area contributed by atoms with Crippen molar-refractivity contribution < 1.29 is 0 Å². The van der Waals surface area contributed by atoms with Crippen molar-refractivity contribution >= 4 is 22.9 Å². The van der Waals surface area contributed by atoms with E-state index in [2.05, 4.69) is 32.7 Å². The quantitative estimate of drug-likeness (QED) is 0.856. The molecular weight excluding hydrogens is 252 g/mol. The molecule has 0 saturated heterocycles. The molecule has 0 aliphatic rings. The van der Waals surface area contributed by atoms with Crippen LogP contribution in [0, 0.1) is 5.92 Å². The number of hydrogen-bond donors (Lipinski definition) is 1. The molecule has 0 fully saturated rings. The van der Waals surface area contributed by atoms with Crippen molar-refractivity contribution in [3.8, 4) is 0 Å². The molecule has 0 radical (unpaired) electrons. The number of thiophene rings is 1. The number of rotatable bonds is 6. The maximum Gasteiger partial charge on any atom is 0.0564 e. The van der Waals surface area contributed by atoms with Gasteiger partial charge in [0.15, 0.2) is 0 Å². The van der Waals surface area contributed by atoms with Crippen molar-refractivity contribution in [2.75, 3.05) is 13.6 Å². The van der Waals surface area contributed by atoms with E-state index in [-0.39, 0.29) is 6.04 Å².